The van der Waals surface area contributed by atoms with Crippen LogP contribution in [0, 0.1) is 0 Å². The van der Waals surface area contributed by atoms with Crippen LogP contribution < -0.4 is 14.2 Å². The van der Waals surface area contributed by atoms with Gasteiger partial charge in [0.15, 0.2) is 18.1 Å². The molecule has 24 heavy (non-hydrogen) atoms. The maximum atomic E-state index is 12.3. The molecule has 126 valence electrons. The van der Waals surface area contributed by atoms with Crippen molar-refractivity contribution in [2.45, 2.75) is 6.54 Å². The molecule has 0 N–H and O–H groups in total. The number of para-hydroxylation sites is 1. The van der Waals surface area contributed by atoms with Gasteiger partial charge >= 0.3 is 0 Å². The van der Waals surface area contributed by atoms with Gasteiger partial charge in [-0.1, -0.05) is 18.2 Å². The maximum absolute atomic E-state index is 12.3. The fourth-order valence-corrected chi connectivity index (χ4v) is 2.76. The number of ether oxygens (including phenoxy) is 3. The number of hydrogen-bond donors (Lipinski definition) is 0. The molecule has 0 radical (unpaired) electrons. The molecular weight excluding hydrogens is 374 g/mol. The summed E-state index contributed by atoms with van der Waals surface area (Å²) >= 11 is 3.40. The van der Waals surface area contributed by atoms with E-state index in [0.717, 1.165) is 21.5 Å². The molecular formula is C18H18BrNO4. The number of hydrogen-bond acceptors (Lipinski definition) is 4. The van der Waals surface area contributed by atoms with Crippen LogP contribution in [0.4, 0.5) is 0 Å². The zero-order chi connectivity index (χ0) is 16.9. The molecule has 0 spiro atoms. The van der Waals surface area contributed by atoms with Crippen molar-refractivity contribution in [1.82, 2.24) is 4.90 Å². The van der Waals surface area contributed by atoms with Crippen LogP contribution in [-0.2, 0) is 11.3 Å². The van der Waals surface area contributed by atoms with Crippen molar-refractivity contribution in [1.29, 1.82) is 0 Å². The molecule has 0 aliphatic carbocycles. The lowest BCUT2D eigenvalue weighted by Crippen LogP contribution is -2.31. The highest BCUT2D eigenvalue weighted by Gasteiger charge is 2.15. The van der Waals surface area contributed by atoms with E-state index in [1.165, 1.54) is 0 Å². The summed E-state index contributed by atoms with van der Waals surface area (Å²) in [6.45, 7) is 1.58. The lowest BCUT2D eigenvalue weighted by atomic mass is 10.2. The lowest BCUT2D eigenvalue weighted by molar-refractivity contribution is -0.132. The zero-order valence-electron chi connectivity index (χ0n) is 13.3. The summed E-state index contributed by atoms with van der Waals surface area (Å²) in [5.41, 5.74) is 0.982. The van der Waals surface area contributed by atoms with Crippen LogP contribution in [-0.4, -0.2) is 37.7 Å². The second kappa shape index (κ2) is 7.57. The van der Waals surface area contributed by atoms with Crippen molar-refractivity contribution in [2.24, 2.45) is 0 Å². The molecule has 0 saturated carbocycles. The molecule has 0 saturated heterocycles. The molecule has 2 aromatic carbocycles. The predicted molar refractivity (Wildman–Crippen MR) is 93.5 cm³/mol. The van der Waals surface area contributed by atoms with E-state index >= 15 is 0 Å². The minimum absolute atomic E-state index is 0.0103. The second-order valence-electron chi connectivity index (χ2n) is 5.45. The van der Waals surface area contributed by atoms with E-state index in [0.29, 0.717) is 25.5 Å². The quantitative estimate of drug-likeness (QED) is 0.784. The molecule has 0 aromatic heterocycles. The fraction of sp³-hybridized carbons (Fsp3) is 0.278. The van der Waals surface area contributed by atoms with E-state index in [1.54, 1.807) is 11.9 Å². The number of likely N-dealkylation sites (N-methyl/N-ethyl adjacent to an activating group) is 1. The molecule has 2 aromatic rings. The fourth-order valence-electron chi connectivity index (χ4n) is 2.36. The average molecular weight is 392 g/mol. The summed E-state index contributed by atoms with van der Waals surface area (Å²) < 4.78 is 17.5. The summed E-state index contributed by atoms with van der Waals surface area (Å²) in [5.74, 6) is 2.03. The van der Waals surface area contributed by atoms with E-state index in [-0.39, 0.29) is 12.5 Å². The summed E-state index contributed by atoms with van der Waals surface area (Å²) in [6, 6.07) is 13.2. The molecule has 5 nitrogen and oxygen atoms in total. The average Bonchev–Trinajstić information content (AvgIpc) is 2.60. The summed E-state index contributed by atoms with van der Waals surface area (Å²) in [6.07, 6.45) is 0. The van der Waals surface area contributed by atoms with Crippen molar-refractivity contribution < 1.29 is 19.0 Å². The number of rotatable bonds is 5. The topological polar surface area (TPSA) is 48.0 Å². The van der Waals surface area contributed by atoms with Gasteiger partial charge in [0.2, 0.25) is 0 Å². The van der Waals surface area contributed by atoms with E-state index < -0.39 is 0 Å². The van der Waals surface area contributed by atoms with E-state index in [1.807, 2.05) is 42.5 Å². The van der Waals surface area contributed by atoms with E-state index in [2.05, 4.69) is 15.9 Å². The Morgan fingerprint density at radius 1 is 1.17 bits per heavy atom. The molecule has 6 heteroatoms. The zero-order valence-corrected chi connectivity index (χ0v) is 14.9. The second-order valence-corrected chi connectivity index (χ2v) is 6.30. The number of carbonyl (C=O) groups excluding carboxylic acids is 1. The Labute approximate surface area is 149 Å². The van der Waals surface area contributed by atoms with Gasteiger partial charge in [-0.05, 0) is 45.8 Å². The molecule has 0 unspecified atom stereocenters. The van der Waals surface area contributed by atoms with Crippen molar-refractivity contribution in [3.8, 4) is 17.2 Å². The Hall–Kier alpha value is -2.21. The van der Waals surface area contributed by atoms with Crippen LogP contribution >= 0.6 is 15.9 Å². The van der Waals surface area contributed by atoms with Crippen LogP contribution in [0.1, 0.15) is 5.56 Å². The Morgan fingerprint density at radius 2 is 1.92 bits per heavy atom. The first-order chi connectivity index (χ1) is 11.6. The maximum Gasteiger partial charge on any atom is 0.260 e. The van der Waals surface area contributed by atoms with Gasteiger partial charge < -0.3 is 19.1 Å². The predicted octanol–water partition coefficient (Wildman–Crippen LogP) is 3.26. The molecule has 0 atom stereocenters. The Balaban J connectivity index is 1.57. The van der Waals surface area contributed by atoms with Gasteiger partial charge in [0, 0.05) is 13.6 Å². The first-order valence-corrected chi connectivity index (χ1v) is 8.42. The first kappa shape index (κ1) is 16.6. The van der Waals surface area contributed by atoms with Gasteiger partial charge in [-0.15, -0.1) is 0 Å². The molecule has 1 aliphatic rings. The largest absolute Gasteiger partial charge is 0.486 e. The van der Waals surface area contributed by atoms with Gasteiger partial charge in [0.1, 0.15) is 19.0 Å². The summed E-state index contributed by atoms with van der Waals surface area (Å²) in [5, 5.41) is 0. The highest BCUT2D eigenvalue weighted by atomic mass is 79.9. The molecule has 1 aliphatic heterocycles. The van der Waals surface area contributed by atoms with Crippen molar-refractivity contribution in [3.05, 3.63) is 52.5 Å². The van der Waals surface area contributed by atoms with E-state index in [9.17, 15) is 4.79 Å². The molecule has 1 amide bonds. The van der Waals surface area contributed by atoms with Gasteiger partial charge in [0.25, 0.3) is 5.91 Å². The van der Waals surface area contributed by atoms with Crippen LogP contribution in [0.5, 0.6) is 17.2 Å². The lowest BCUT2D eigenvalue weighted by Gasteiger charge is -2.21. The standard InChI is InChI=1S/C18H18BrNO4/c1-20(18(21)12-24-15-5-3-2-4-14(15)19)11-13-6-7-16-17(10-13)23-9-8-22-16/h2-7,10H,8-9,11-12H2,1H3. The number of amides is 1. The van der Waals surface area contributed by atoms with Crippen LogP contribution in [0.3, 0.4) is 0 Å². The molecule has 3 rings (SSSR count). The molecule has 1 heterocycles. The number of halogens is 1. The number of fused-ring (bicyclic) bond motifs is 1. The number of nitrogens with zero attached hydrogens (tertiary/aromatic N) is 1. The Morgan fingerprint density at radius 3 is 2.71 bits per heavy atom. The van der Waals surface area contributed by atoms with Crippen LogP contribution in [0.15, 0.2) is 46.9 Å². The summed E-state index contributed by atoms with van der Waals surface area (Å²) in [7, 11) is 1.75. The third-order valence-electron chi connectivity index (χ3n) is 3.64. The monoisotopic (exact) mass is 391 g/mol. The van der Waals surface area contributed by atoms with Crippen LogP contribution in [0.2, 0.25) is 0 Å². The van der Waals surface area contributed by atoms with Crippen molar-refractivity contribution in [3.63, 3.8) is 0 Å². The minimum atomic E-state index is -0.0966. The third kappa shape index (κ3) is 4.00. The molecule has 0 fully saturated rings. The summed E-state index contributed by atoms with van der Waals surface area (Å²) in [4.78, 5) is 13.9. The Bertz CT molecular complexity index is 735. The highest BCUT2D eigenvalue weighted by Crippen LogP contribution is 2.31. The van der Waals surface area contributed by atoms with Gasteiger partial charge in [-0.3, -0.25) is 4.79 Å². The first-order valence-electron chi connectivity index (χ1n) is 7.63. The van der Waals surface area contributed by atoms with Gasteiger partial charge in [-0.25, -0.2) is 0 Å². The van der Waals surface area contributed by atoms with Crippen molar-refractivity contribution >= 4 is 21.8 Å². The highest BCUT2D eigenvalue weighted by molar-refractivity contribution is 9.10. The van der Waals surface area contributed by atoms with Gasteiger partial charge in [-0.2, -0.15) is 0 Å². The number of carbonyl (C=O) groups is 1. The Kier molecular flexibility index (Phi) is 5.25. The smallest absolute Gasteiger partial charge is 0.260 e. The third-order valence-corrected chi connectivity index (χ3v) is 4.30. The van der Waals surface area contributed by atoms with E-state index in [4.69, 9.17) is 14.2 Å². The van der Waals surface area contributed by atoms with Crippen LogP contribution in [0.25, 0.3) is 0 Å². The van der Waals surface area contributed by atoms with Crippen molar-refractivity contribution in [2.75, 3.05) is 26.9 Å². The minimum Gasteiger partial charge on any atom is -0.486 e. The SMILES string of the molecule is CN(Cc1ccc2c(c1)OCCO2)C(=O)COc1ccccc1Br. The normalized spacial score (nSPS) is 12.6. The van der Waals surface area contributed by atoms with Gasteiger partial charge in [0.05, 0.1) is 4.47 Å². The number of benzene rings is 2. The molecule has 0 bridgehead atoms.